The van der Waals surface area contributed by atoms with Crippen molar-refractivity contribution in [2.45, 2.75) is 50.8 Å². The van der Waals surface area contributed by atoms with Gasteiger partial charge in [0.25, 0.3) is 5.91 Å². The molecule has 2 bridgehead atoms. The number of aliphatic hydroxyl groups is 1. The number of carbonyl (C=O) groups excluding carboxylic acids is 1. The van der Waals surface area contributed by atoms with Gasteiger partial charge in [0.15, 0.2) is 17.4 Å². The summed E-state index contributed by atoms with van der Waals surface area (Å²) in [4.78, 5) is 19.2. The Morgan fingerprint density at radius 3 is 2.48 bits per heavy atom. The minimum absolute atomic E-state index is 0.00746. The Morgan fingerprint density at radius 1 is 1.22 bits per heavy atom. The van der Waals surface area contributed by atoms with Gasteiger partial charge in [0, 0.05) is 12.1 Å². The van der Waals surface area contributed by atoms with Crippen LogP contribution in [0.15, 0.2) is 6.07 Å². The number of aliphatic hydroxyl groups excluding tert-OH is 1. The second-order valence-corrected chi connectivity index (χ2v) is 8.04. The largest absolute Gasteiger partial charge is 0.503 e. The van der Waals surface area contributed by atoms with Crippen molar-refractivity contribution >= 4 is 17.2 Å². The fraction of sp³-hybridized carbons (Fsp3) is 0.444. The average Bonchev–Trinajstić information content (AvgIpc) is 3.13. The monoisotopic (exact) mass is 398 g/mol. The molecule has 2 aromatic rings. The third kappa shape index (κ3) is 2.89. The number of halogens is 3. The Hall–Kier alpha value is -2.13. The van der Waals surface area contributed by atoms with Crippen molar-refractivity contribution in [3.63, 3.8) is 0 Å². The Balaban J connectivity index is 1.70. The molecule has 2 fully saturated rings. The van der Waals surface area contributed by atoms with E-state index in [1.807, 2.05) is 0 Å². The van der Waals surface area contributed by atoms with Gasteiger partial charge in [0.05, 0.1) is 17.4 Å². The number of carbonyl (C=O) groups is 1. The van der Waals surface area contributed by atoms with Crippen LogP contribution in [0.3, 0.4) is 0 Å². The highest BCUT2D eigenvalue weighted by Crippen LogP contribution is 2.40. The molecule has 0 spiro atoms. The fourth-order valence-corrected chi connectivity index (χ4v) is 5.07. The summed E-state index contributed by atoms with van der Waals surface area (Å²) in [5.74, 6) is -6.03. The summed E-state index contributed by atoms with van der Waals surface area (Å²) in [5, 5.41) is 19.3. The number of fused-ring (bicyclic) bond motifs is 2. The summed E-state index contributed by atoms with van der Waals surface area (Å²) < 4.78 is 41.1. The summed E-state index contributed by atoms with van der Waals surface area (Å²) in [6.07, 6.45) is 2.29. The maximum atomic E-state index is 14.2. The Bertz CT molecular complexity index is 919. The van der Waals surface area contributed by atoms with E-state index in [9.17, 15) is 28.2 Å². The molecule has 144 valence electrons. The number of aromatic nitrogens is 1. The number of aryl methyl sites for hydroxylation is 1. The van der Waals surface area contributed by atoms with E-state index in [0.717, 1.165) is 24.2 Å². The van der Waals surface area contributed by atoms with Gasteiger partial charge in [-0.15, -0.1) is 11.3 Å². The number of phenolic OH excluding ortho intramolecular Hbond substituents is 1. The first-order valence-corrected chi connectivity index (χ1v) is 9.44. The van der Waals surface area contributed by atoms with Crippen molar-refractivity contribution in [3.05, 3.63) is 34.1 Å². The molecular formula is C18H17F3N2O3S. The van der Waals surface area contributed by atoms with Gasteiger partial charge in [-0.05, 0) is 38.7 Å². The highest BCUT2D eigenvalue weighted by Gasteiger charge is 2.43. The van der Waals surface area contributed by atoms with Crippen LogP contribution in [0.4, 0.5) is 13.2 Å². The molecule has 5 nitrogen and oxygen atoms in total. The molecule has 1 aromatic carbocycles. The molecule has 2 atom stereocenters. The second-order valence-electron chi connectivity index (χ2n) is 7.04. The smallest absolute Gasteiger partial charge is 0.266 e. The van der Waals surface area contributed by atoms with Crippen molar-refractivity contribution in [2.24, 2.45) is 0 Å². The number of phenols is 1. The Labute approximate surface area is 157 Å². The summed E-state index contributed by atoms with van der Waals surface area (Å²) in [6, 6.07) is 0.540. The molecule has 9 heteroatoms. The van der Waals surface area contributed by atoms with Gasteiger partial charge < -0.3 is 15.1 Å². The lowest BCUT2D eigenvalue weighted by molar-refractivity contribution is 0.0290. The van der Waals surface area contributed by atoms with E-state index in [1.54, 1.807) is 11.8 Å². The van der Waals surface area contributed by atoms with E-state index in [4.69, 9.17) is 0 Å². The predicted molar refractivity (Wildman–Crippen MR) is 92.0 cm³/mol. The standard InChI is InChI=1S/C18H17F3N2O3S/c1-7-16(18(26)23-8-2-3-9(23)5-10(24)4-8)27-17(22-7)11-6-12(19)14(21)15(25)13(11)20/h6,8-10,24-25H,2-5H2,1H3. The number of benzene rings is 1. The number of thiazole rings is 1. The molecule has 1 amide bonds. The predicted octanol–water partition coefficient (Wildman–Crippen LogP) is 3.37. The zero-order valence-corrected chi connectivity index (χ0v) is 15.2. The number of hydrogen-bond donors (Lipinski definition) is 2. The van der Waals surface area contributed by atoms with Gasteiger partial charge >= 0.3 is 0 Å². The number of aromatic hydroxyl groups is 1. The van der Waals surface area contributed by atoms with Crippen molar-refractivity contribution in [2.75, 3.05) is 0 Å². The van der Waals surface area contributed by atoms with Gasteiger partial charge in [-0.25, -0.2) is 13.8 Å². The molecule has 2 aliphatic rings. The van der Waals surface area contributed by atoms with E-state index in [-0.39, 0.29) is 23.0 Å². The van der Waals surface area contributed by atoms with Crippen molar-refractivity contribution in [1.82, 2.24) is 9.88 Å². The first kappa shape index (κ1) is 18.2. The molecule has 3 heterocycles. The van der Waals surface area contributed by atoms with Crippen molar-refractivity contribution in [3.8, 4) is 16.3 Å². The van der Waals surface area contributed by atoms with Crippen molar-refractivity contribution < 1.29 is 28.2 Å². The van der Waals surface area contributed by atoms with Crippen LogP contribution in [-0.2, 0) is 0 Å². The van der Waals surface area contributed by atoms with E-state index < -0.39 is 34.9 Å². The summed E-state index contributed by atoms with van der Waals surface area (Å²) in [7, 11) is 0. The summed E-state index contributed by atoms with van der Waals surface area (Å²) in [6.45, 7) is 1.59. The maximum absolute atomic E-state index is 14.2. The average molecular weight is 398 g/mol. The molecular weight excluding hydrogens is 381 g/mol. The Kier molecular flexibility index (Phi) is 4.38. The van der Waals surface area contributed by atoms with Gasteiger partial charge in [-0.3, -0.25) is 4.79 Å². The molecule has 0 radical (unpaired) electrons. The fourth-order valence-electron chi connectivity index (χ4n) is 4.05. The lowest BCUT2D eigenvalue weighted by Gasteiger charge is -2.37. The molecule has 27 heavy (non-hydrogen) atoms. The van der Waals surface area contributed by atoms with Crippen LogP contribution < -0.4 is 0 Å². The number of hydrogen-bond acceptors (Lipinski definition) is 5. The van der Waals surface area contributed by atoms with Gasteiger partial charge in [-0.1, -0.05) is 0 Å². The molecule has 2 saturated heterocycles. The van der Waals surface area contributed by atoms with Crippen molar-refractivity contribution in [1.29, 1.82) is 0 Å². The third-order valence-electron chi connectivity index (χ3n) is 5.30. The number of rotatable bonds is 2. The van der Waals surface area contributed by atoms with E-state index >= 15 is 0 Å². The third-order valence-corrected chi connectivity index (χ3v) is 6.48. The molecule has 1 aromatic heterocycles. The summed E-state index contributed by atoms with van der Waals surface area (Å²) in [5.41, 5.74) is -0.0373. The first-order valence-electron chi connectivity index (χ1n) is 8.63. The molecule has 2 N–H and O–H groups in total. The number of piperidine rings is 1. The highest BCUT2D eigenvalue weighted by atomic mass is 32.1. The zero-order valence-electron chi connectivity index (χ0n) is 14.4. The lowest BCUT2D eigenvalue weighted by Crippen LogP contribution is -2.47. The van der Waals surface area contributed by atoms with E-state index in [1.165, 1.54) is 0 Å². The minimum Gasteiger partial charge on any atom is -0.503 e. The zero-order chi connectivity index (χ0) is 19.5. The lowest BCUT2D eigenvalue weighted by atomic mass is 9.99. The number of amides is 1. The number of nitrogens with zero attached hydrogens (tertiary/aromatic N) is 2. The van der Waals surface area contributed by atoms with Gasteiger partial charge in [-0.2, -0.15) is 4.39 Å². The normalized spacial score (nSPS) is 24.5. The maximum Gasteiger partial charge on any atom is 0.266 e. The van der Waals surface area contributed by atoms with Crippen LogP contribution in [-0.4, -0.2) is 44.2 Å². The van der Waals surface area contributed by atoms with Crippen LogP contribution in [0.5, 0.6) is 5.75 Å². The van der Waals surface area contributed by atoms with Crippen LogP contribution in [0.1, 0.15) is 41.0 Å². The molecule has 4 rings (SSSR count). The molecule has 2 unspecified atom stereocenters. The van der Waals surface area contributed by atoms with E-state index in [0.29, 0.717) is 29.5 Å². The quantitative estimate of drug-likeness (QED) is 0.761. The second kappa shape index (κ2) is 6.49. The molecule has 2 aliphatic heterocycles. The first-order chi connectivity index (χ1) is 12.8. The highest BCUT2D eigenvalue weighted by molar-refractivity contribution is 7.17. The molecule has 0 aliphatic carbocycles. The van der Waals surface area contributed by atoms with Gasteiger partial charge in [0.2, 0.25) is 5.82 Å². The van der Waals surface area contributed by atoms with Crippen LogP contribution >= 0.6 is 11.3 Å². The SMILES string of the molecule is Cc1nc(-c2cc(F)c(F)c(O)c2F)sc1C(=O)N1C2CCC1CC(O)C2. The van der Waals surface area contributed by atoms with E-state index in [2.05, 4.69) is 4.98 Å². The van der Waals surface area contributed by atoms with Gasteiger partial charge in [0.1, 0.15) is 9.88 Å². The van der Waals surface area contributed by atoms with Crippen LogP contribution in [0.25, 0.3) is 10.6 Å². The topological polar surface area (TPSA) is 73.7 Å². The van der Waals surface area contributed by atoms with Crippen LogP contribution in [0, 0.1) is 24.4 Å². The minimum atomic E-state index is -1.66. The summed E-state index contributed by atoms with van der Waals surface area (Å²) >= 11 is 0.879. The van der Waals surface area contributed by atoms with Crippen LogP contribution in [0.2, 0.25) is 0 Å². The molecule has 0 saturated carbocycles. The Morgan fingerprint density at radius 2 is 1.85 bits per heavy atom.